The van der Waals surface area contributed by atoms with Crippen LogP contribution in [0.5, 0.6) is 0 Å². The molecule has 0 amide bonds. The minimum Gasteiger partial charge on any atom is -0.298 e. The van der Waals surface area contributed by atoms with Crippen LogP contribution in [0.4, 0.5) is 0 Å². The Morgan fingerprint density at radius 3 is 2.50 bits per heavy atom. The zero-order valence-electron chi connectivity index (χ0n) is 7.53. The normalized spacial score (nSPS) is 11.2. The average molecular weight is 164 g/mol. The SMILES string of the molecule is CC(C)(C)c1nnccc1C=O. The molecule has 0 aliphatic carbocycles. The maximum atomic E-state index is 10.6. The summed E-state index contributed by atoms with van der Waals surface area (Å²) in [6.07, 6.45) is 2.34. The predicted molar refractivity (Wildman–Crippen MR) is 46.1 cm³/mol. The number of aromatic nitrogens is 2. The number of hydrogen-bond acceptors (Lipinski definition) is 3. The van der Waals surface area contributed by atoms with Crippen molar-refractivity contribution in [3.63, 3.8) is 0 Å². The molecule has 0 aliphatic heterocycles. The summed E-state index contributed by atoms with van der Waals surface area (Å²) in [6.45, 7) is 6.01. The first kappa shape index (κ1) is 8.84. The van der Waals surface area contributed by atoms with E-state index in [1.807, 2.05) is 20.8 Å². The summed E-state index contributed by atoms with van der Waals surface area (Å²) in [5.41, 5.74) is 1.25. The molecule has 3 heteroatoms. The molecule has 0 atom stereocenters. The van der Waals surface area contributed by atoms with E-state index < -0.39 is 0 Å². The Morgan fingerprint density at radius 2 is 2.08 bits per heavy atom. The molecule has 0 bridgehead atoms. The van der Waals surface area contributed by atoms with Gasteiger partial charge in [-0.25, -0.2) is 0 Å². The Hall–Kier alpha value is -1.25. The van der Waals surface area contributed by atoms with E-state index in [1.165, 1.54) is 6.20 Å². The van der Waals surface area contributed by atoms with Gasteiger partial charge in [0.15, 0.2) is 6.29 Å². The lowest BCUT2D eigenvalue weighted by Gasteiger charge is -2.17. The lowest BCUT2D eigenvalue weighted by atomic mass is 9.89. The maximum Gasteiger partial charge on any atom is 0.152 e. The summed E-state index contributed by atoms with van der Waals surface area (Å²) in [5.74, 6) is 0. The van der Waals surface area contributed by atoms with Crippen LogP contribution in [0.15, 0.2) is 12.3 Å². The first-order valence-electron chi connectivity index (χ1n) is 3.83. The highest BCUT2D eigenvalue weighted by atomic mass is 16.1. The van der Waals surface area contributed by atoms with Crippen LogP contribution in [0.25, 0.3) is 0 Å². The molecule has 0 radical (unpaired) electrons. The molecule has 3 nitrogen and oxygen atoms in total. The molecule has 64 valence electrons. The third kappa shape index (κ3) is 1.67. The number of aldehydes is 1. The number of rotatable bonds is 1. The molecule has 0 saturated carbocycles. The number of hydrogen-bond donors (Lipinski definition) is 0. The maximum absolute atomic E-state index is 10.6. The van der Waals surface area contributed by atoms with Crippen molar-refractivity contribution >= 4 is 6.29 Å². The Labute approximate surface area is 71.8 Å². The summed E-state index contributed by atoms with van der Waals surface area (Å²) in [6, 6.07) is 1.68. The van der Waals surface area contributed by atoms with E-state index in [0.717, 1.165) is 12.0 Å². The third-order valence-electron chi connectivity index (χ3n) is 1.59. The van der Waals surface area contributed by atoms with E-state index in [2.05, 4.69) is 10.2 Å². The smallest absolute Gasteiger partial charge is 0.152 e. The van der Waals surface area contributed by atoms with Gasteiger partial charge in [0.2, 0.25) is 0 Å². The average Bonchev–Trinajstić information content (AvgIpc) is 2.03. The van der Waals surface area contributed by atoms with Crippen LogP contribution in [0.2, 0.25) is 0 Å². The fourth-order valence-corrected chi connectivity index (χ4v) is 1.02. The lowest BCUT2D eigenvalue weighted by molar-refractivity contribution is 0.112. The van der Waals surface area contributed by atoms with Crippen LogP contribution in [0, 0.1) is 0 Å². The van der Waals surface area contributed by atoms with Gasteiger partial charge in [-0.15, -0.1) is 0 Å². The molecule has 0 fully saturated rings. The topological polar surface area (TPSA) is 42.9 Å². The lowest BCUT2D eigenvalue weighted by Crippen LogP contribution is -2.17. The second-order valence-corrected chi connectivity index (χ2v) is 3.70. The second-order valence-electron chi connectivity index (χ2n) is 3.70. The molecule has 12 heavy (non-hydrogen) atoms. The second kappa shape index (κ2) is 3.01. The quantitative estimate of drug-likeness (QED) is 0.592. The van der Waals surface area contributed by atoms with Gasteiger partial charge in [0.25, 0.3) is 0 Å². The first-order valence-corrected chi connectivity index (χ1v) is 3.83. The molecular weight excluding hydrogens is 152 g/mol. The molecule has 0 saturated heterocycles. The summed E-state index contributed by atoms with van der Waals surface area (Å²) < 4.78 is 0. The van der Waals surface area contributed by atoms with Gasteiger partial charge in [0.1, 0.15) is 0 Å². The van der Waals surface area contributed by atoms with Crippen molar-refractivity contribution in [2.75, 3.05) is 0 Å². The molecule has 1 heterocycles. The van der Waals surface area contributed by atoms with Gasteiger partial charge in [-0.3, -0.25) is 4.79 Å². The molecule has 0 aromatic carbocycles. The Kier molecular flexibility index (Phi) is 2.22. The van der Waals surface area contributed by atoms with Crippen LogP contribution in [0.1, 0.15) is 36.8 Å². The predicted octanol–water partition coefficient (Wildman–Crippen LogP) is 1.59. The van der Waals surface area contributed by atoms with E-state index in [-0.39, 0.29) is 5.41 Å². The van der Waals surface area contributed by atoms with E-state index in [1.54, 1.807) is 6.07 Å². The van der Waals surface area contributed by atoms with Crippen LogP contribution in [-0.2, 0) is 5.41 Å². The van der Waals surface area contributed by atoms with Crippen molar-refractivity contribution in [3.8, 4) is 0 Å². The molecular formula is C9H12N2O. The zero-order valence-corrected chi connectivity index (χ0v) is 7.53. The molecule has 0 aliphatic rings. The highest BCUT2D eigenvalue weighted by Crippen LogP contribution is 2.21. The van der Waals surface area contributed by atoms with Crippen molar-refractivity contribution in [2.24, 2.45) is 0 Å². The van der Waals surface area contributed by atoms with Crippen LogP contribution >= 0.6 is 0 Å². The third-order valence-corrected chi connectivity index (χ3v) is 1.59. The number of nitrogens with zero attached hydrogens (tertiary/aromatic N) is 2. The van der Waals surface area contributed by atoms with Gasteiger partial charge in [-0.05, 0) is 6.07 Å². The summed E-state index contributed by atoms with van der Waals surface area (Å²) in [5, 5.41) is 7.69. The van der Waals surface area contributed by atoms with Gasteiger partial charge >= 0.3 is 0 Å². The molecule has 1 rings (SSSR count). The first-order chi connectivity index (χ1) is 5.55. The largest absolute Gasteiger partial charge is 0.298 e. The van der Waals surface area contributed by atoms with E-state index in [4.69, 9.17) is 0 Å². The fourth-order valence-electron chi connectivity index (χ4n) is 1.02. The van der Waals surface area contributed by atoms with E-state index in [0.29, 0.717) is 5.56 Å². The van der Waals surface area contributed by atoms with E-state index in [9.17, 15) is 4.79 Å². The van der Waals surface area contributed by atoms with Crippen molar-refractivity contribution in [2.45, 2.75) is 26.2 Å². The highest BCUT2D eigenvalue weighted by Gasteiger charge is 2.19. The monoisotopic (exact) mass is 164 g/mol. The number of carbonyl (C=O) groups excluding carboxylic acids is 1. The minimum atomic E-state index is -0.121. The molecule has 0 unspecified atom stereocenters. The molecule has 0 spiro atoms. The fraction of sp³-hybridized carbons (Fsp3) is 0.444. The van der Waals surface area contributed by atoms with E-state index >= 15 is 0 Å². The minimum absolute atomic E-state index is 0.121. The van der Waals surface area contributed by atoms with Crippen molar-refractivity contribution < 1.29 is 4.79 Å². The summed E-state index contributed by atoms with van der Waals surface area (Å²) in [4.78, 5) is 10.6. The summed E-state index contributed by atoms with van der Waals surface area (Å²) in [7, 11) is 0. The highest BCUT2D eigenvalue weighted by molar-refractivity contribution is 5.76. The van der Waals surface area contributed by atoms with Gasteiger partial charge in [0.05, 0.1) is 11.9 Å². The van der Waals surface area contributed by atoms with Crippen molar-refractivity contribution in [1.82, 2.24) is 10.2 Å². The van der Waals surface area contributed by atoms with Crippen molar-refractivity contribution in [1.29, 1.82) is 0 Å². The molecule has 1 aromatic rings. The molecule has 0 N–H and O–H groups in total. The Balaban J connectivity index is 3.23. The van der Waals surface area contributed by atoms with Gasteiger partial charge in [0, 0.05) is 11.0 Å². The van der Waals surface area contributed by atoms with Crippen LogP contribution < -0.4 is 0 Å². The van der Waals surface area contributed by atoms with Crippen LogP contribution in [0.3, 0.4) is 0 Å². The van der Waals surface area contributed by atoms with Crippen LogP contribution in [-0.4, -0.2) is 16.5 Å². The summed E-state index contributed by atoms with van der Waals surface area (Å²) >= 11 is 0. The Morgan fingerprint density at radius 1 is 1.42 bits per heavy atom. The van der Waals surface area contributed by atoms with Crippen molar-refractivity contribution in [3.05, 3.63) is 23.5 Å². The zero-order chi connectivity index (χ0) is 9.19. The molecule has 1 aromatic heterocycles. The number of carbonyl (C=O) groups is 1. The standard InChI is InChI=1S/C9H12N2O/c1-9(2,3)8-7(6-12)4-5-10-11-8/h4-6H,1-3H3. The Bertz CT molecular complexity index is 289. The van der Waals surface area contributed by atoms with Gasteiger partial charge < -0.3 is 0 Å². The van der Waals surface area contributed by atoms with Gasteiger partial charge in [-0.2, -0.15) is 10.2 Å². The van der Waals surface area contributed by atoms with Gasteiger partial charge in [-0.1, -0.05) is 20.8 Å².